The highest BCUT2D eigenvalue weighted by atomic mass is 127. The minimum Gasteiger partial charge on any atom is -0.508 e. The fourth-order valence-electron chi connectivity index (χ4n) is 16.2. The molecule has 24 heteroatoms. The number of carbonyl (C=O) groups excluding carboxylic acids is 1. The van der Waals surface area contributed by atoms with Crippen LogP contribution in [0.2, 0.25) is 10.3 Å². The number of aromatic hydroxyl groups is 1. The Bertz CT molecular complexity index is 7290. The lowest BCUT2D eigenvalue weighted by Gasteiger charge is -2.26. The number of aromatic nitrogens is 14. The molecule has 0 spiro atoms. The molecule has 0 bridgehead atoms. The van der Waals surface area contributed by atoms with Crippen LogP contribution in [0.25, 0.3) is 133 Å². The maximum absolute atomic E-state index is 10.5. The zero-order valence-corrected chi connectivity index (χ0v) is 76.5. The van der Waals surface area contributed by atoms with E-state index in [9.17, 15) is 20.1 Å². The molecule has 1 saturated carbocycles. The number of carbonyl (C=O) groups is 1. The summed E-state index contributed by atoms with van der Waals surface area (Å²) in [5, 5.41) is 47.7. The first-order valence-corrected chi connectivity index (χ1v) is 45.2. The topological polar surface area (TPSA) is 294 Å². The van der Waals surface area contributed by atoms with Crippen LogP contribution in [-0.4, -0.2) is 91.0 Å². The Labute approximate surface area is 777 Å². The number of anilines is 2. The molecule has 0 aliphatic heterocycles. The summed E-state index contributed by atoms with van der Waals surface area (Å²) >= 11 is 17.6. The number of alkyl halides is 1. The van der Waals surface area contributed by atoms with Crippen molar-refractivity contribution < 1.29 is 20.1 Å². The first-order chi connectivity index (χ1) is 62.7. The molecule has 5 atom stereocenters. The third kappa shape index (κ3) is 20.1. The number of fused-ring (bicyclic) bond motifs is 8. The minimum absolute atomic E-state index is 0.00403. The summed E-state index contributed by atoms with van der Waals surface area (Å²) in [4.78, 5) is 56.2. The molecule has 5 unspecified atom stereocenters. The van der Waals surface area contributed by atoms with Crippen LogP contribution < -0.4 is 11.5 Å². The molecular weight excluding hydrogens is 1830 g/mol. The molecule has 0 amide bonds. The third-order valence-corrected chi connectivity index (χ3v) is 24.6. The van der Waals surface area contributed by atoms with Crippen molar-refractivity contribution in [3.63, 3.8) is 0 Å². The number of halogens is 4. The van der Waals surface area contributed by atoms with Gasteiger partial charge in [-0.1, -0.05) is 271 Å². The number of para-hydroxylation sites is 6. The van der Waals surface area contributed by atoms with Crippen molar-refractivity contribution in [2.75, 3.05) is 11.5 Å². The maximum atomic E-state index is 10.5. The quantitative estimate of drug-likeness (QED) is 0.0310. The third-order valence-electron chi connectivity index (χ3n) is 22.8. The van der Waals surface area contributed by atoms with E-state index >= 15 is 0 Å². The van der Waals surface area contributed by atoms with Crippen LogP contribution in [0.15, 0.2) is 310 Å². The molecule has 21 rings (SSSR count). The predicted octanol–water partition coefficient (Wildman–Crippen LogP) is 25.8. The molecule has 10 aromatic carbocycles. The van der Waals surface area contributed by atoms with Gasteiger partial charge in [-0.05, 0) is 166 Å². The SMILES string of the molecule is CC(Br)c1cc2ccccc2nc1-c1ccccc1.CC(O)c1cc2ccccc2nc1-c1ccccc1.CC(O)c1cc2ccccc2nc1Cl.CC(c1cc2ccccc2nc1-c1ccccc1)n1nc(-c2cccc(O)c2)c2c(N)ncnc21.CC(c1cc2ccccc2nc1C1CCCCC1)n1nc(I)c2c(N)ncnc21.O=Cc1cc2ccccc2nc1Cl. The molecule has 20 aromatic rings. The fraction of sp³-hybridized carbons (Fsp3) is 0.152. The van der Waals surface area contributed by atoms with Crippen molar-refractivity contribution in [3.8, 4) is 50.8 Å². The second-order valence-electron chi connectivity index (χ2n) is 31.5. The number of hydrogen-bond acceptors (Lipinski definition) is 18. The standard InChI is InChI=1S/C28H22N6O.C22H23IN6.C17H14BrN.C17H15NO.C11H10ClNO.C10H6ClNO/c1-17(22-15-19-10-5-6-13-23(19)32-25(22)18-8-3-2-4-9-18)34-28-24(27(29)30-16-31-28)26(33-34)20-11-7-12-21(35)14-20;1-13(29-22-18(20(23)28-29)21(24)25-12-26-22)16-11-15-9-5-6-10-17(15)27-19(16)14-7-3-2-4-8-14;1-12(18)15-11-14-9-5-6-10-16(14)19-17(15)13-7-3-2-4-8-13;1-12(19)15-11-14-9-5-6-10-16(14)18-17(15)13-7-3-2-4-8-13;1-7(14)9-6-8-4-2-3-5-10(8)13-11(9)12;11-10-8(6-13)5-7-3-1-2-4-9(7)12-10/h2-17,35H,1H3,(H2,29,30,31);5-6,9-14H,2-4,7-8H2,1H3,(H2,24,25,26);2-12H,1H3;2-12,19H,1H3;2-7,14H,1H3;1-6H. The number of nitrogen functional groups attached to an aromatic ring is 2. The molecule has 1 fully saturated rings. The Balaban J connectivity index is 0.000000118. The Kier molecular flexibility index (Phi) is 28.0. The first kappa shape index (κ1) is 89.0. The fourth-order valence-corrected chi connectivity index (χ4v) is 17.8. The molecule has 1 aliphatic rings. The molecule has 10 heterocycles. The van der Waals surface area contributed by atoms with Crippen LogP contribution in [0.5, 0.6) is 5.75 Å². The normalized spacial score (nSPS) is 13.2. The largest absolute Gasteiger partial charge is 0.508 e. The molecular formula is C105H90BrCl2IN16O4. The molecule has 0 radical (unpaired) electrons. The number of nitrogens with zero attached hydrogens (tertiary/aromatic N) is 14. The van der Waals surface area contributed by atoms with Gasteiger partial charge in [0.25, 0.3) is 0 Å². The van der Waals surface area contributed by atoms with E-state index in [1.54, 1.807) is 38.1 Å². The number of rotatable bonds is 13. The molecule has 642 valence electrons. The van der Waals surface area contributed by atoms with Crippen molar-refractivity contribution >= 4 is 167 Å². The lowest BCUT2D eigenvalue weighted by molar-refractivity contribution is 0.112. The second-order valence-corrected chi connectivity index (χ2v) is 34.6. The van der Waals surface area contributed by atoms with Gasteiger partial charge in [0.05, 0.1) is 90.8 Å². The predicted molar refractivity (Wildman–Crippen MR) is 534 cm³/mol. The van der Waals surface area contributed by atoms with Gasteiger partial charge in [0.1, 0.15) is 49.7 Å². The number of hydrogen-bond donors (Lipinski definition) is 5. The summed E-state index contributed by atoms with van der Waals surface area (Å²) in [7, 11) is 0. The summed E-state index contributed by atoms with van der Waals surface area (Å²) < 4.78 is 4.67. The average Bonchev–Trinajstić information content (AvgIpc) is 1.62. The summed E-state index contributed by atoms with van der Waals surface area (Å²) in [5.74, 6) is 1.47. The molecule has 1 aliphatic carbocycles. The van der Waals surface area contributed by atoms with Crippen LogP contribution in [0.1, 0.15) is 146 Å². The number of aliphatic hydroxyl groups is 2. The second kappa shape index (κ2) is 40.7. The Morgan fingerprint density at radius 2 is 0.767 bits per heavy atom. The lowest BCUT2D eigenvalue weighted by Crippen LogP contribution is -2.16. The summed E-state index contributed by atoms with van der Waals surface area (Å²) in [6.45, 7) is 9.85. The first-order valence-electron chi connectivity index (χ1n) is 42.5. The van der Waals surface area contributed by atoms with E-state index in [1.165, 1.54) is 67.0 Å². The van der Waals surface area contributed by atoms with E-state index in [-0.39, 0.29) is 27.8 Å². The van der Waals surface area contributed by atoms with Gasteiger partial charge in [-0.25, -0.2) is 54.2 Å². The molecule has 10 aromatic heterocycles. The minimum atomic E-state index is -0.584. The van der Waals surface area contributed by atoms with E-state index in [0.717, 1.165) is 125 Å². The molecule has 20 nitrogen and oxygen atoms in total. The average molecular weight is 1920 g/mol. The summed E-state index contributed by atoms with van der Waals surface area (Å²) in [6, 6.07) is 97.4. The Morgan fingerprint density at radius 1 is 0.395 bits per heavy atom. The summed E-state index contributed by atoms with van der Waals surface area (Å²) in [6.07, 6.45) is 8.85. The molecule has 7 N–H and O–H groups in total. The van der Waals surface area contributed by atoms with Crippen molar-refractivity contribution in [1.82, 2.24) is 69.4 Å². The van der Waals surface area contributed by atoms with Gasteiger partial charge in [-0.2, -0.15) is 10.2 Å². The van der Waals surface area contributed by atoms with Gasteiger partial charge < -0.3 is 26.8 Å². The zero-order chi connectivity index (χ0) is 89.8. The van der Waals surface area contributed by atoms with Gasteiger partial charge in [0, 0.05) is 87.7 Å². The highest BCUT2D eigenvalue weighted by Crippen LogP contribution is 2.42. The van der Waals surface area contributed by atoms with Crippen molar-refractivity contribution in [2.45, 2.75) is 102 Å². The van der Waals surface area contributed by atoms with Gasteiger partial charge >= 0.3 is 0 Å². The van der Waals surface area contributed by atoms with Crippen LogP contribution in [-0.2, 0) is 0 Å². The van der Waals surface area contributed by atoms with Gasteiger partial charge in [0.15, 0.2) is 17.6 Å². The van der Waals surface area contributed by atoms with E-state index in [2.05, 4.69) is 192 Å². The van der Waals surface area contributed by atoms with Crippen molar-refractivity contribution in [1.29, 1.82) is 0 Å². The molecule has 0 saturated heterocycles. The van der Waals surface area contributed by atoms with Crippen LogP contribution >= 0.6 is 61.7 Å². The van der Waals surface area contributed by atoms with E-state index < -0.39 is 12.2 Å². The van der Waals surface area contributed by atoms with Crippen LogP contribution in [0.3, 0.4) is 0 Å². The van der Waals surface area contributed by atoms with Crippen molar-refractivity contribution in [3.05, 3.63) is 363 Å². The van der Waals surface area contributed by atoms with Crippen molar-refractivity contribution in [2.24, 2.45) is 0 Å². The summed E-state index contributed by atoms with van der Waals surface area (Å²) in [5.41, 5.74) is 33.5. The Morgan fingerprint density at radius 3 is 1.24 bits per heavy atom. The number of aldehydes is 1. The lowest BCUT2D eigenvalue weighted by atomic mass is 9.83. The number of benzene rings is 10. The van der Waals surface area contributed by atoms with Gasteiger partial charge in [-0.15, -0.1) is 0 Å². The van der Waals surface area contributed by atoms with E-state index in [0.29, 0.717) is 56.8 Å². The van der Waals surface area contributed by atoms with E-state index in [4.69, 9.17) is 64.8 Å². The number of phenols is 1. The van der Waals surface area contributed by atoms with Crippen LogP contribution in [0, 0.1) is 3.70 Å². The zero-order valence-electron chi connectivity index (χ0n) is 71.2. The number of pyridine rings is 6. The number of aliphatic hydroxyl groups excluding tert-OH is 2. The molecule has 129 heavy (non-hydrogen) atoms. The van der Waals surface area contributed by atoms with E-state index in [1.807, 2.05) is 179 Å². The Hall–Kier alpha value is -13.5. The highest BCUT2D eigenvalue weighted by Gasteiger charge is 2.29. The number of phenolic OH excluding ortho intramolecular Hbond substituents is 1. The van der Waals surface area contributed by atoms with Gasteiger partial charge in [-0.3, -0.25) is 9.78 Å². The maximum Gasteiger partial charge on any atom is 0.165 e. The van der Waals surface area contributed by atoms with Gasteiger partial charge in [0.2, 0.25) is 0 Å². The highest BCUT2D eigenvalue weighted by molar-refractivity contribution is 14.1. The monoisotopic (exact) mass is 1910 g/mol. The van der Waals surface area contributed by atoms with Crippen LogP contribution in [0.4, 0.5) is 11.6 Å². The smallest absolute Gasteiger partial charge is 0.165 e. The number of nitrogens with two attached hydrogens (primary N) is 2.